The summed E-state index contributed by atoms with van der Waals surface area (Å²) in [7, 11) is 1.91. The summed E-state index contributed by atoms with van der Waals surface area (Å²) in [5, 5.41) is 4.32. The summed E-state index contributed by atoms with van der Waals surface area (Å²) in [5.74, 6) is 0.849. The molecule has 2 N–H and O–H groups in total. The summed E-state index contributed by atoms with van der Waals surface area (Å²) in [4.78, 5) is 1.29. The number of benzene rings is 1. The predicted octanol–water partition coefficient (Wildman–Crippen LogP) is 2.52. The molecule has 17 heavy (non-hydrogen) atoms. The monoisotopic (exact) mass is 247 g/mol. The van der Waals surface area contributed by atoms with Crippen LogP contribution in [-0.4, -0.2) is 15.5 Å². The Hall–Kier alpha value is -1.26. The second kappa shape index (κ2) is 5.38. The molecule has 0 saturated carbocycles. The lowest BCUT2D eigenvalue weighted by atomic mass is 10.2. The van der Waals surface area contributed by atoms with E-state index in [0.29, 0.717) is 0 Å². The van der Waals surface area contributed by atoms with Gasteiger partial charge in [-0.1, -0.05) is 18.2 Å². The van der Waals surface area contributed by atoms with Gasteiger partial charge in [0, 0.05) is 23.9 Å². The number of hydrogen-bond donors (Lipinski definition) is 1. The third-order valence-electron chi connectivity index (χ3n) is 2.63. The summed E-state index contributed by atoms with van der Waals surface area (Å²) in [6.07, 6.45) is 1.92. The molecule has 0 radical (unpaired) electrons. The lowest BCUT2D eigenvalue weighted by Gasteiger charge is -2.09. The van der Waals surface area contributed by atoms with Crippen LogP contribution in [0.25, 0.3) is 0 Å². The average molecular weight is 247 g/mol. The van der Waals surface area contributed by atoms with E-state index in [0.717, 1.165) is 11.4 Å². The maximum absolute atomic E-state index is 6.11. The Bertz CT molecular complexity index is 493. The van der Waals surface area contributed by atoms with Gasteiger partial charge in [0.05, 0.1) is 11.7 Å². The van der Waals surface area contributed by atoms with E-state index >= 15 is 0 Å². The smallest absolute Gasteiger partial charge is 0.0800 e. The number of hydrogen-bond acceptors (Lipinski definition) is 3. The largest absolute Gasteiger partial charge is 0.322 e. The first-order chi connectivity index (χ1) is 8.16. The number of nitrogens with zero attached hydrogens (tertiary/aromatic N) is 2. The first-order valence-corrected chi connectivity index (χ1v) is 6.59. The van der Waals surface area contributed by atoms with E-state index in [4.69, 9.17) is 5.73 Å². The van der Waals surface area contributed by atoms with Gasteiger partial charge in [-0.25, -0.2) is 0 Å². The van der Waals surface area contributed by atoms with Crippen molar-refractivity contribution in [1.82, 2.24) is 9.78 Å². The third kappa shape index (κ3) is 3.11. The van der Waals surface area contributed by atoms with Gasteiger partial charge in [-0.05, 0) is 24.6 Å². The molecule has 0 spiro atoms. The Balaban J connectivity index is 1.97. The second-order valence-corrected chi connectivity index (χ2v) is 5.16. The van der Waals surface area contributed by atoms with Crippen molar-refractivity contribution >= 4 is 11.8 Å². The quantitative estimate of drug-likeness (QED) is 0.844. The molecule has 0 fully saturated rings. The van der Waals surface area contributed by atoms with Gasteiger partial charge in [0.2, 0.25) is 0 Å². The molecule has 0 bridgehead atoms. The van der Waals surface area contributed by atoms with Crippen LogP contribution in [0.4, 0.5) is 0 Å². The van der Waals surface area contributed by atoms with E-state index in [9.17, 15) is 0 Å². The highest BCUT2D eigenvalue weighted by Crippen LogP contribution is 2.25. The first kappa shape index (κ1) is 12.2. The van der Waals surface area contributed by atoms with Gasteiger partial charge < -0.3 is 5.73 Å². The van der Waals surface area contributed by atoms with Crippen LogP contribution in [0, 0.1) is 6.92 Å². The maximum atomic E-state index is 6.11. The Morgan fingerprint density at radius 1 is 1.35 bits per heavy atom. The molecule has 0 amide bonds. The van der Waals surface area contributed by atoms with Gasteiger partial charge in [0.15, 0.2) is 0 Å². The van der Waals surface area contributed by atoms with Crippen molar-refractivity contribution in [3.63, 3.8) is 0 Å². The topological polar surface area (TPSA) is 43.8 Å². The fraction of sp³-hybridized carbons (Fsp3) is 0.308. The molecular weight excluding hydrogens is 230 g/mol. The number of aromatic nitrogens is 2. The average Bonchev–Trinajstić information content (AvgIpc) is 2.74. The standard InChI is InChI=1S/C13H17N3S/c1-10-5-3-4-6-13(10)17-9-11(14)12-7-8-16(2)15-12/h3-8,11H,9,14H2,1-2H3. The molecule has 1 aromatic carbocycles. The number of nitrogens with two attached hydrogens (primary N) is 1. The minimum Gasteiger partial charge on any atom is -0.322 e. The normalized spacial score (nSPS) is 12.6. The molecule has 1 unspecified atom stereocenters. The van der Waals surface area contributed by atoms with E-state index in [1.807, 2.05) is 19.3 Å². The molecule has 0 saturated heterocycles. The van der Waals surface area contributed by atoms with Crippen LogP contribution in [0.1, 0.15) is 17.3 Å². The van der Waals surface area contributed by atoms with Crippen molar-refractivity contribution in [3.05, 3.63) is 47.8 Å². The van der Waals surface area contributed by atoms with E-state index in [2.05, 4.69) is 36.3 Å². The van der Waals surface area contributed by atoms with Crippen LogP contribution >= 0.6 is 11.8 Å². The predicted molar refractivity (Wildman–Crippen MR) is 72.0 cm³/mol. The van der Waals surface area contributed by atoms with Crippen molar-refractivity contribution in [2.75, 3.05) is 5.75 Å². The Labute approximate surface area is 106 Å². The number of rotatable bonds is 4. The molecule has 0 aliphatic heterocycles. The molecule has 0 aliphatic rings. The van der Waals surface area contributed by atoms with E-state index < -0.39 is 0 Å². The van der Waals surface area contributed by atoms with Gasteiger partial charge in [0.1, 0.15) is 0 Å². The summed E-state index contributed by atoms with van der Waals surface area (Å²) in [6, 6.07) is 10.3. The molecular formula is C13H17N3S. The van der Waals surface area contributed by atoms with E-state index in [1.54, 1.807) is 16.4 Å². The zero-order chi connectivity index (χ0) is 12.3. The van der Waals surface area contributed by atoms with Crippen molar-refractivity contribution < 1.29 is 0 Å². The van der Waals surface area contributed by atoms with Crippen molar-refractivity contribution in [2.24, 2.45) is 12.8 Å². The van der Waals surface area contributed by atoms with Gasteiger partial charge in [-0.15, -0.1) is 11.8 Å². The van der Waals surface area contributed by atoms with Gasteiger partial charge in [0.25, 0.3) is 0 Å². The Kier molecular flexibility index (Phi) is 3.86. The van der Waals surface area contributed by atoms with Gasteiger partial charge >= 0.3 is 0 Å². The van der Waals surface area contributed by atoms with Crippen molar-refractivity contribution in [3.8, 4) is 0 Å². The zero-order valence-electron chi connectivity index (χ0n) is 10.1. The number of aryl methyl sites for hydroxylation is 2. The highest BCUT2D eigenvalue weighted by molar-refractivity contribution is 7.99. The fourth-order valence-electron chi connectivity index (χ4n) is 1.61. The highest BCUT2D eigenvalue weighted by atomic mass is 32.2. The van der Waals surface area contributed by atoms with Crippen molar-refractivity contribution in [1.29, 1.82) is 0 Å². The molecule has 90 valence electrons. The molecule has 2 rings (SSSR count). The van der Waals surface area contributed by atoms with E-state index in [1.165, 1.54) is 10.5 Å². The molecule has 0 aliphatic carbocycles. The van der Waals surface area contributed by atoms with Crippen LogP contribution in [0.3, 0.4) is 0 Å². The molecule has 1 aromatic heterocycles. The lowest BCUT2D eigenvalue weighted by Crippen LogP contribution is -2.14. The number of thioether (sulfide) groups is 1. The van der Waals surface area contributed by atoms with Crippen LogP contribution in [0.5, 0.6) is 0 Å². The second-order valence-electron chi connectivity index (χ2n) is 4.10. The molecule has 1 atom stereocenters. The summed E-state index contributed by atoms with van der Waals surface area (Å²) < 4.78 is 1.79. The van der Waals surface area contributed by atoms with Crippen molar-refractivity contribution in [2.45, 2.75) is 17.9 Å². The Morgan fingerprint density at radius 3 is 2.76 bits per heavy atom. The first-order valence-electron chi connectivity index (χ1n) is 5.60. The lowest BCUT2D eigenvalue weighted by molar-refractivity contribution is 0.703. The summed E-state index contributed by atoms with van der Waals surface area (Å²) in [6.45, 7) is 2.12. The van der Waals surface area contributed by atoms with Crippen LogP contribution < -0.4 is 5.73 Å². The SMILES string of the molecule is Cc1ccccc1SCC(N)c1ccn(C)n1. The maximum Gasteiger partial charge on any atom is 0.0800 e. The van der Waals surface area contributed by atoms with E-state index in [-0.39, 0.29) is 6.04 Å². The molecule has 3 nitrogen and oxygen atoms in total. The summed E-state index contributed by atoms with van der Waals surface area (Å²) in [5.41, 5.74) is 8.36. The third-order valence-corrected chi connectivity index (χ3v) is 3.92. The van der Waals surface area contributed by atoms with Gasteiger partial charge in [-0.3, -0.25) is 4.68 Å². The zero-order valence-corrected chi connectivity index (χ0v) is 10.9. The van der Waals surface area contributed by atoms with Gasteiger partial charge in [-0.2, -0.15) is 5.10 Å². The fourth-order valence-corrected chi connectivity index (χ4v) is 2.61. The van der Waals surface area contributed by atoms with Crippen LogP contribution in [0.2, 0.25) is 0 Å². The minimum absolute atomic E-state index is 0.0131. The van der Waals surface area contributed by atoms with Crippen LogP contribution in [-0.2, 0) is 7.05 Å². The van der Waals surface area contributed by atoms with Crippen LogP contribution in [0.15, 0.2) is 41.4 Å². The highest BCUT2D eigenvalue weighted by Gasteiger charge is 2.10. The molecule has 2 aromatic rings. The minimum atomic E-state index is -0.0131. The molecule has 4 heteroatoms. The Morgan fingerprint density at radius 2 is 2.12 bits per heavy atom. The molecule has 1 heterocycles. The summed E-state index contributed by atoms with van der Waals surface area (Å²) >= 11 is 1.78.